The second kappa shape index (κ2) is 6.02. The third-order valence-corrected chi connectivity index (χ3v) is 5.15. The number of fused-ring (bicyclic) bond motifs is 1. The molecule has 1 aliphatic rings. The first-order valence-corrected chi connectivity index (χ1v) is 8.81. The molecule has 1 aromatic carbocycles. The summed E-state index contributed by atoms with van der Waals surface area (Å²) in [6, 6.07) is 5.76. The summed E-state index contributed by atoms with van der Waals surface area (Å²) in [4.78, 5) is 22.8. The molecule has 0 aliphatic carbocycles. The smallest absolute Gasteiger partial charge is 0.254 e. The minimum Gasteiger partial charge on any atom is -0.358 e. The highest BCUT2D eigenvalue weighted by molar-refractivity contribution is 5.99. The van der Waals surface area contributed by atoms with Crippen molar-refractivity contribution in [1.29, 1.82) is 0 Å². The Hall–Kier alpha value is -2.63. The van der Waals surface area contributed by atoms with E-state index in [1.54, 1.807) is 0 Å². The molecule has 3 aromatic rings. The summed E-state index contributed by atoms with van der Waals surface area (Å²) in [7, 11) is 0. The molecule has 0 spiro atoms. The third kappa shape index (κ3) is 2.62. The van der Waals surface area contributed by atoms with Crippen molar-refractivity contribution in [3.63, 3.8) is 0 Å². The number of benzene rings is 1. The second-order valence-corrected chi connectivity index (χ2v) is 6.69. The molecule has 130 valence electrons. The molecule has 1 saturated heterocycles. The van der Waals surface area contributed by atoms with E-state index in [2.05, 4.69) is 29.0 Å². The van der Waals surface area contributed by atoms with Crippen molar-refractivity contribution in [2.45, 2.75) is 46.1 Å². The zero-order chi connectivity index (χ0) is 17.6. The van der Waals surface area contributed by atoms with E-state index in [1.165, 1.54) is 5.56 Å². The van der Waals surface area contributed by atoms with Crippen molar-refractivity contribution in [3.8, 4) is 0 Å². The maximum Gasteiger partial charge on any atom is 0.254 e. The van der Waals surface area contributed by atoms with Crippen LogP contribution in [0.25, 0.3) is 10.9 Å². The first kappa shape index (κ1) is 15.9. The average molecular weight is 338 g/mol. The molecule has 1 fully saturated rings. The van der Waals surface area contributed by atoms with Gasteiger partial charge in [-0.3, -0.25) is 4.79 Å². The van der Waals surface area contributed by atoms with Crippen molar-refractivity contribution in [3.05, 3.63) is 46.7 Å². The molecule has 25 heavy (non-hydrogen) atoms. The van der Waals surface area contributed by atoms with Gasteiger partial charge < -0.3 is 14.4 Å². The molecule has 1 unspecified atom stereocenters. The van der Waals surface area contributed by atoms with Crippen LogP contribution in [0.1, 0.15) is 59.1 Å². The van der Waals surface area contributed by atoms with Crippen LogP contribution in [-0.4, -0.2) is 32.5 Å². The van der Waals surface area contributed by atoms with E-state index in [1.807, 2.05) is 30.0 Å². The lowest BCUT2D eigenvalue weighted by Crippen LogP contribution is -2.31. The Morgan fingerprint density at radius 1 is 1.40 bits per heavy atom. The van der Waals surface area contributed by atoms with Crippen molar-refractivity contribution in [1.82, 2.24) is 20.0 Å². The van der Waals surface area contributed by atoms with Crippen LogP contribution >= 0.6 is 0 Å². The summed E-state index contributed by atoms with van der Waals surface area (Å²) in [5, 5.41) is 5.18. The summed E-state index contributed by atoms with van der Waals surface area (Å²) >= 11 is 0. The van der Waals surface area contributed by atoms with E-state index in [9.17, 15) is 4.79 Å². The van der Waals surface area contributed by atoms with E-state index >= 15 is 0 Å². The van der Waals surface area contributed by atoms with E-state index in [4.69, 9.17) is 4.52 Å². The Morgan fingerprint density at radius 2 is 2.24 bits per heavy atom. The molecule has 0 bridgehead atoms. The highest BCUT2D eigenvalue weighted by atomic mass is 16.5. The molecular weight excluding hydrogens is 316 g/mol. The number of aryl methyl sites for hydroxylation is 3. The van der Waals surface area contributed by atoms with Crippen LogP contribution < -0.4 is 0 Å². The molecule has 0 saturated carbocycles. The molecule has 1 N–H and O–H groups in total. The number of hydrogen-bond donors (Lipinski definition) is 1. The Bertz CT molecular complexity index is 940. The number of nitrogens with zero attached hydrogens (tertiary/aromatic N) is 3. The number of carbonyl (C=O) groups excluding carboxylic acids is 1. The van der Waals surface area contributed by atoms with E-state index in [0.29, 0.717) is 23.7 Å². The average Bonchev–Trinajstić information content (AvgIpc) is 3.33. The largest absolute Gasteiger partial charge is 0.358 e. The third-order valence-electron chi connectivity index (χ3n) is 5.15. The standard InChI is InChI=1S/C19H22N4O2/c1-4-17-21-18(22-25-17)16-6-5-9-23(16)19(24)13-7-8-15-14(10-13)11(2)12(3)20-15/h7-8,10,16,20H,4-6,9H2,1-3H3. The van der Waals surface area contributed by atoms with Gasteiger partial charge in [-0.2, -0.15) is 4.98 Å². The fourth-order valence-electron chi connectivity index (χ4n) is 3.59. The number of H-pyrrole nitrogens is 1. The van der Waals surface area contributed by atoms with Crippen molar-refractivity contribution < 1.29 is 9.32 Å². The van der Waals surface area contributed by atoms with Gasteiger partial charge in [-0.1, -0.05) is 12.1 Å². The van der Waals surface area contributed by atoms with Gasteiger partial charge in [0.15, 0.2) is 5.82 Å². The predicted molar refractivity (Wildman–Crippen MR) is 94.5 cm³/mol. The Labute approximate surface area is 146 Å². The zero-order valence-electron chi connectivity index (χ0n) is 14.8. The normalized spacial score (nSPS) is 17.6. The second-order valence-electron chi connectivity index (χ2n) is 6.69. The quantitative estimate of drug-likeness (QED) is 0.790. The molecule has 3 heterocycles. The molecule has 2 aromatic heterocycles. The summed E-state index contributed by atoms with van der Waals surface area (Å²) in [5.74, 6) is 1.28. The topological polar surface area (TPSA) is 75.0 Å². The SMILES string of the molecule is CCc1nc(C2CCCN2C(=O)c2ccc3[nH]c(C)c(C)c3c2)no1. The number of nitrogens with one attached hydrogen (secondary N) is 1. The van der Waals surface area contributed by atoms with Crippen molar-refractivity contribution in [2.75, 3.05) is 6.54 Å². The fraction of sp³-hybridized carbons (Fsp3) is 0.421. The Balaban J connectivity index is 1.66. The number of hydrogen-bond acceptors (Lipinski definition) is 4. The highest BCUT2D eigenvalue weighted by Gasteiger charge is 2.34. The van der Waals surface area contributed by atoms with Crippen LogP contribution in [0.4, 0.5) is 0 Å². The van der Waals surface area contributed by atoms with Crippen molar-refractivity contribution in [2.24, 2.45) is 0 Å². The van der Waals surface area contributed by atoms with Gasteiger partial charge in [-0.25, -0.2) is 0 Å². The lowest BCUT2D eigenvalue weighted by Gasteiger charge is -2.22. The first-order valence-electron chi connectivity index (χ1n) is 8.81. The Morgan fingerprint density at radius 3 is 3.00 bits per heavy atom. The van der Waals surface area contributed by atoms with Crippen LogP contribution in [0.15, 0.2) is 22.7 Å². The van der Waals surface area contributed by atoms with Crippen LogP contribution in [0, 0.1) is 13.8 Å². The number of rotatable bonds is 3. The molecule has 4 rings (SSSR count). The number of aromatic nitrogens is 3. The molecule has 1 amide bonds. The molecule has 1 atom stereocenters. The van der Waals surface area contributed by atoms with Crippen LogP contribution in [0.3, 0.4) is 0 Å². The maximum absolute atomic E-state index is 13.1. The molecular formula is C19H22N4O2. The minimum absolute atomic E-state index is 0.0329. The predicted octanol–water partition coefficient (Wildman–Crippen LogP) is 3.71. The summed E-state index contributed by atoms with van der Waals surface area (Å²) in [6.07, 6.45) is 2.53. The van der Waals surface area contributed by atoms with Gasteiger partial charge in [-0.15, -0.1) is 0 Å². The molecule has 6 heteroatoms. The summed E-state index contributed by atoms with van der Waals surface area (Å²) in [5.41, 5.74) is 4.10. The lowest BCUT2D eigenvalue weighted by atomic mass is 10.1. The van der Waals surface area contributed by atoms with Gasteiger partial charge >= 0.3 is 0 Å². The van der Waals surface area contributed by atoms with Crippen molar-refractivity contribution >= 4 is 16.8 Å². The first-order chi connectivity index (χ1) is 12.1. The number of amides is 1. The minimum atomic E-state index is -0.0960. The molecule has 0 radical (unpaired) electrons. The molecule has 6 nitrogen and oxygen atoms in total. The van der Waals surface area contributed by atoms with Gasteiger partial charge in [0.05, 0.1) is 6.04 Å². The van der Waals surface area contributed by atoms with E-state index in [-0.39, 0.29) is 11.9 Å². The van der Waals surface area contributed by atoms with Crippen LogP contribution in [-0.2, 0) is 6.42 Å². The van der Waals surface area contributed by atoms with Gasteiger partial charge in [0.2, 0.25) is 5.89 Å². The Kier molecular flexibility index (Phi) is 3.82. The van der Waals surface area contributed by atoms with Gasteiger partial charge in [0.1, 0.15) is 0 Å². The zero-order valence-corrected chi connectivity index (χ0v) is 14.8. The fourth-order valence-corrected chi connectivity index (χ4v) is 3.59. The van der Waals surface area contributed by atoms with Crippen LogP contribution in [0.5, 0.6) is 0 Å². The van der Waals surface area contributed by atoms with E-state index < -0.39 is 0 Å². The number of carbonyl (C=O) groups is 1. The summed E-state index contributed by atoms with van der Waals surface area (Å²) < 4.78 is 5.23. The highest BCUT2D eigenvalue weighted by Crippen LogP contribution is 2.32. The van der Waals surface area contributed by atoms with Gasteiger partial charge in [0, 0.05) is 35.1 Å². The monoisotopic (exact) mass is 338 g/mol. The van der Waals surface area contributed by atoms with Gasteiger partial charge in [-0.05, 0) is 50.5 Å². The van der Waals surface area contributed by atoms with E-state index in [0.717, 1.165) is 36.0 Å². The maximum atomic E-state index is 13.1. The number of likely N-dealkylation sites (tertiary alicyclic amines) is 1. The number of aromatic amines is 1. The molecule has 1 aliphatic heterocycles. The summed E-state index contributed by atoms with van der Waals surface area (Å²) in [6.45, 7) is 6.83. The van der Waals surface area contributed by atoms with Crippen LogP contribution in [0.2, 0.25) is 0 Å². The van der Waals surface area contributed by atoms with Gasteiger partial charge in [0.25, 0.3) is 5.91 Å². The lowest BCUT2D eigenvalue weighted by molar-refractivity contribution is 0.0728.